The number of methoxy groups -OCH3 is 1. The van der Waals surface area contributed by atoms with Crippen molar-refractivity contribution in [1.29, 1.82) is 0 Å². The second-order valence-electron chi connectivity index (χ2n) is 6.66. The van der Waals surface area contributed by atoms with E-state index in [1.54, 1.807) is 0 Å². The molecule has 0 aliphatic heterocycles. The molecule has 0 saturated heterocycles. The van der Waals surface area contributed by atoms with Crippen LogP contribution in [0.5, 0.6) is 0 Å². The third kappa shape index (κ3) is 5.01. The minimum atomic E-state index is -0.772. The Morgan fingerprint density at radius 2 is 1.76 bits per heavy atom. The van der Waals surface area contributed by atoms with Gasteiger partial charge in [-0.15, -0.1) is 0 Å². The van der Waals surface area contributed by atoms with Gasteiger partial charge in [0.2, 0.25) is 0 Å². The fourth-order valence-corrected chi connectivity index (χ4v) is 3.79. The van der Waals surface area contributed by atoms with Gasteiger partial charge in [0.15, 0.2) is 0 Å². The number of carbonyl (C=O) groups is 2. The van der Waals surface area contributed by atoms with Crippen LogP contribution in [0.2, 0.25) is 0 Å². The van der Waals surface area contributed by atoms with E-state index in [-0.39, 0.29) is 12.5 Å². The number of hydrogen-bond donors (Lipinski definition) is 1. The summed E-state index contributed by atoms with van der Waals surface area (Å²) in [6, 6.07) is 15.5. The molecule has 6 nitrogen and oxygen atoms in total. The first-order valence-electron chi connectivity index (χ1n) is 9.38. The van der Waals surface area contributed by atoms with Gasteiger partial charge in [-0.2, -0.15) is 0 Å². The minimum Gasteiger partial charge on any atom is -0.0619 e. The zero-order chi connectivity index (χ0) is 20.6. The molecule has 3 rings (SSSR count). The maximum atomic E-state index is 12.4. The van der Waals surface area contributed by atoms with E-state index in [4.69, 9.17) is 9.47 Å². The number of hydrogen-bond acceptors (Lipinski definition) is 5. The van der Waals surface area contributed by atoms with Crippen LogP contribution in [-0.4, -0.2) is 58.7 Å². The average molecular weight is 457 g/mol. The number of aliphatic imine (C=N–C) groups is 1. The van der Waals surface area contributed by atoms with Crippen molar-refractivity contribution in [3.63, 3.8) is 0 Å². The molecule has 0 spiro atoms. The number of amides is 1. The molecule has 1 aliphatic carbocycles. The summed E-state index contributed by atoms with van der Waals surface area (Å²) < 4.78 is 12.8. The van der Waals surface area contributed by atoms with E-state index in [9.17, 15) is 9.59 Å². The van der Waals surface area contributed by atoms with E-state index in [0.29, 0.717) is 19.4 Å². The predicted molar refractivity (Wildman–Crippen MR) is 111 cm³/mol. The van der Waals surface area contributed by atoms with Crippen LogP contribution in [0.15, 0.2) is 53.5 Å². The Morgan fingerprint density at radius 3 is 2.34 bits per heavy atom. The third-order valence-electron chi connectivity index (χ3n) is 4.95. The number of nitrogens with one attached hydrogen (secondary N) is 1. The minimum absolute atomic E-state index is 0.0320. The zero-order valence-electron chi connectivity index (χ0n) is 16.1. The number of alkyl carbamates (subject to hydrolysis) is 1. The monoisotopic (exact) mass is 458 g/mol. The normalized spacial score (nSPS) is 12.9. The predicted octanol–water partition coefficient (Wildman–Crippen LogP) is 2.92. The van der Waals surface area contributed by atoms with Crippen LogP contribution in [0.4, 0.5) is 4.79 Å². The summed E-state index contributed by atoms with van der Waals surface area (Å²) in [6.07, 6.45) is 0.376. The first-order valence-corrected chi connectivity index (χ1v) is 10.2. The molecule has 0 aromatic heterocycles. The second kappa shape index (κ2) is 10.2. The van der Waals surface area contributed by atoms with Crippen LogP contribution < -0.4 is 5.32 Å². The van der Waals surface area contributed by atoms with E-state index in [1.165, 1.54) is 7.11 Å². The molecule has 1 N–H and O–H groups in total. The van der Waals surface area contributed by atoms with Gasteiger partial charge in [-0.1, -0.05) is 48.5 Å². The molecule has 2 aromatic carbocycles. The van der Waals surface area contributed by atoms with Gasteiger partial charge in [0.25, 0.3) is 0 Å². The van der Waals surface area contributed by atoms with Gasteiger partial charge in [-0.25, -0.2) is 0 Å². The van der Waals surface area contributed by atoms with Crippen LogP contribution in [0.1, 0.15) is 29.9 Å². The molecule has 29 heavy (non-hydrogen) atoms. The van der Waals surface area contributed by atoms with Crippen molar-refractivity contribution in [3.05, 3.63) is 59.7 Å². The van der Waals surface area contributed by atoms with Crippen LogP contribution in [-0.2, 0) is 14.3 Å². The number of nitrogens with zero attached hydrogens (tertiary/aromatic N) is 1. The summed E-state index contributed by atoms with van der Waals surface area (Å²) in [5.74, 6) is -0.537. The van der Waals surface area contributed by atoms with Crippen molar-refractivity contribution in [2.75, 3.05) is 20.3 Å². The van der Waals surface area contributed by atoms with Gasteiger partial charge < -0.3 is 0 Å². The fraction of sp³-hybridized carbons (Fsp3) is 0.318. The molecule has 0 unspecified atom stereocenters. The summed E-state index contributed by atoms with van der Waals surface area (Å²) in [5, 5.41) is 2.61. The second-order valence-corrected chi connectivity index (χ2v) is 7.04. The quantitative estimate of drug-likeness (QED) is 0.286. The van der Waals surface area contributed by atoms with Gasteiger partial charge in [-0.05, 0) is 11.1 Å². The van der Waals surface area contributed by atoms with Gasteiger partial charge >= 0.3 is 118 Å². The van der Waals surface area contributed by atoms with E-state index < -0.39 is 18.1 Å². The summed E-state index contributed by atoms with van der Waals surface area (Å²) in [7, 11) is 1.29. The zero-order valence-corrected chi connectivity index (χ0v) is 17.8. The van der Waals surface area contributed by atoms with Crippen LogP contribution in [0.3, 0.4) is 0 Å². The topological polar surface area (TPSA) is 77.0 Å². The van der Waals surface area contributed by atoms with E-state index in [1.807, 2.05) is 24.3 Å². The molecular formula is C22H22N2O4Se. The van der Waals surface area contributed by atoms with Crippen molar-refractivity contribution < 1.29 is 19.1 Å². The van der Waals surface area contributed by atoms with Gasteiger partial charge in [0.05, 0.1) is 0 Å². The number of carbonyl (C=O) groups excluding carboxylic acids is 2. The summed E-state index contributed by atoms with van der Waals surface area (Å²) in [4.78, 5) is 28.3. The van der Waals surface area contributed by atoms with E-state index in [0.717, 1.165) is 22.3 Å². The first kappa shape index (κ1) is 21.0. The van der Waals surface area contributed by atoms with Crippen LogP contribution >= 0.6 is 0 Å². The van der Waals surface area contributed by atoms with E-state index >= 15 is 0 Å². The molecule has 0 bridgehead atoms. The number of ether oxygens (including phenoxy) is 2. The molecular weight excluding hydrogens is 435 g/mol. The van der Waals surface area contributed by atoms with E-state index in [2.05, 4.69) is 54.9 Å². The number of esters is 1. The smallest absolute Gasteiger partial charge is 0.0619 e. The van der Waals surface area contributed by atoms with Crippen LogP contribution in [0.25, 0.3) is 11.1 Å². The standard InChI is InChI=1S/C22H22N2O4Se/c1-27-21(25)20(11-6-12-23-14-29)24-22(26)28-13-19-17-9-4-2-7-15(17)16-8-3-5-10-18(16)19/h2-5,7-10,19-20H,6,11-13H2,1H3,(H,24,26)/t20-/m0/s1. The van der Waals surface area contributed by atoms with Crippen LogP contribution in [0, 0.1) is 0 Å². The Hall–Kier alpha value is -2.72. The molecule has 1 amide bonds. The Bertz CT molecular complexity index is 894. The molecule has 7 heteroatoms. The summed E-state index contributed by atoms with van der Waals surface area (Å²) in [5.41, 5.74) is 4.60. The number of benzene rings is 2. The number of fused-ring (bicyclic) bond motifs is 3. The van der Waals surface area contributed by atoms with Crippen molar-refractivity contribution in [2.24, 2.45) is 4.99 Å². The SMILES string of the molecule is COC(=O)[C@H](CCCN=C=[Se])NC(=O)OCC1c2ccccc2-c2ccccc21. The molecule has 2 aromatic rings. The van der Waals surface area contributed by atoms with Crippen molar-refractivity contribution in [3.8, 4) is 11.1 Å². The Balaban J connectivity index is 1.63. The first-order chi connectivity index (χ1) is 14.2. The molecule has 0 radical (unpaired) electrons. The van der Waals surface area contributed by atoms with Gasteiger partial charge in [-0.3, -0.25) is 0 Å². The third-order valence-corrected chi connectivity index (χ3v) is 5.22. The maximum absolute atomic E-state index is 12.4. The van der Waals surface area contributed by atoms with Crippen molar-refractivity contribution >= 4 is 32.4 Å². The van der Waals surface area contributed by atoms with Gasteiger partial charge in [0.1, 0.15) is 0 Å². The Morgan fingerprint density at radius 1 is 1.14 bits per heavy atom. The van der Waals surface area contributed by atoms with Crippen molar-refractivity contribution in [2.45, 2.75) is 24.8 Å². The molecule has 150 valence electrons. The fourth-order valence-electron chi connectivity index (χ4n) is 3.59. The molecule has 1 atom stereocenters. The summed E-state index contributed by atoms with van der Waals surface area (Å²) in [6.45, 7) is 0.700. The molecule has 0 saturated carbocycles. The summed E-state index contributed by atoms with van der Waals surface area (Å²) >= 11 is 2.56. The molecule has 0 heterocycles. The molecule has 0 fully saturated rings. The number of rotatable bonds is 8. The van der Waals surface area contributed by atoms with Crippen molar-refractivity contribution in [1.82, 2.24) is 5.32 Å². The van der Waals surface area contributed by atoms with Gasteiger partial charge in [0, 0.05) is 0 Å². The molecule has 1 aliphatic rings. The average Bonchev–Trinajstić information content (AvgIpc) is 3.07. The Labute approximate surface area is 177 Å². The Kier molecular flexibility index (Phi) is 7.36.